The topological polar surface area (TPSA) is 123 Å². The molecule has 0 saturated carbocycles. The normalized spacial score (nSPS) is 13.1. The van der Waals surface area contributed by atoms with Crippen LogP contribution in [0.4, 0.5) is 0 Å². The number of carboxylic acids is 1. The number of hydrogen-bond donors (Lipinski definition) is 2. The Labute approximate surface area is 200 Å². The summed E-state index contributed by atoms with van der Waals surface area (Å²) in [5.41, 5.74) is 2.93. The Morgan fingerprint density at radius 2 is 1.88 bits per heavy atom. The molecule has 4 aromatic rings. The molecule has 0 aliphatic carbocycles. The maximum Gasteiger partial charge on any atom is 0.309 e. The van der Waals surface area contributed by atoms with Crippen molar-refractivity contribution in [2.24, 2.45) is 13.0 Å². The number of fused-ring (bicyclic) bond motifs is 1. The molecule has 2 aromatic heterocycles. The zero-order valence-electron chi connectivity index (χ0n) is 18.5. The second-order valence-corrected chi connectivity index (χ2v) is 8.60. The number of hydrogen-bond acceptors (Lipinski definition) is 6. The van der Waals surface area contributed by atoms with Crippen molar-refractivity contribution < 1.29 is 15.0 Å². The van der Waals surface area contributed by atoms with Gasteiger partial charge in [0.15, 0.2) is 0 Å². The van der Waals surface area contributed by atoms with Crippen molar-refractivity contribution in [3.8, 4) is 11.1 Å². The molecule has 2 N–H and O–H groups in total. The summed E-state index contributed by atoms with van der Waals surface area (Å²) in [7, 11) is 1.86. The molecule has 2 aromatic carbocycles. The predicted octanol–water partition coefficient (Wildman–Crippen LogP) is 2.93. The van der Waals surface area contributed by atoms with Gasteiger partial charge >= 0.3 is 5.97 Å². The molecule has 0 aliphatic heterocycles. The minimum Gasteiger partial charge on any atom is -0.481 e. The van der Waals surface area contributed by atoms with Crippen LogP contribution in [0.2, 0.25) is 5.02 Å². The number of halogens is 1. The average Bonchev–Trinajstić information content (AvgIpc) is 3.26. The smallest absolute Gasteiger partial charge is 0.309 e. The largest absolute Gasteiger partial charge is 0.481 e. The highest BCUT2D eigenvalue weighted by Gasteiger charge is 2.26. The number of carboxylic acid groups (broad SMARTS) is 1. The van der Waals surface area contributed by atoms with E-state index in [1.807, 2.05) is 37.5 Å². The fourth-order valence-corrected chi connectivity index (χ4v) is 4.12. The van der Waals surface area contributed by atoms with Crippen LogP contribution in [-0.4, -0.2) is 47.1 Å². The highest BCUT2D eigenvalue weighted by atomic mass is 35.5. The van der Waals surface area contributed by atoms with E-state index in [0.29, 0.717) is 22.3 Å². The van der Waals surface area contributed by atoms with Crippen LogP contribution >= 0.6 is 11.6 Å². The van der Waals surface area contributed by atoms with Gasteiger partial charge in [0.1, 0.15) is 5.52 Å². The Kier molecular flexibility index (Phi) is 7.04. The lowest BCUT2D eigenvalue weighted by atomic mass is 9.93. The summed E-state index contributed by atoms with van der Waals surface area (Å²) in [5, 5.41) is 32.9. The van der Waals surface area contributed by atoms with E-state index in [9.17, 15) is 19.8 Å². The van der Waals surface area contributed by atoms with Crippen molar-refractivity contribution in [1.82, 2.24) is 24.8 Å². The molecule has 34 heavy (non-hydrogen) atoms. The van der Waals surface area contributed by atoms with Crippen molar-refractivity contribution in [3.63, 3.8) is 0 Å². The molecule has 2 heterocycles. The van der Waals surface area contributed by atoms with Gasteiger partial charge in [-0.1, -0.05) is 47.1 Å². The van der Waals surface area contributed by atoms with Crippen LogP contribution in [0.1, 0.15) is 18.4 Å². The standard InChI is InChI=1S/C24H24ClN5O4/c1-29-14-17(13-26-29)16-8-5-15(6-9-16)7-10-21(31)18(24(33)34)11-12-30-23(32)19-3-2-4-20(25)22(19)27-28-30/h2-6,8-9,13-14,18,21,31H,7,10-12H2,1H3,(H,33,34)/t18-,21-/m1/s1. The molecular weight excluding hydrogens is 458 g/mol. The number of benzene rings is 2. The number of rotatable bonds is 9. The van der Waals surface area contributed by atoms with Gasteiger partial charge in [-0.3, -0.25) is 14.3 Å². The Bertz CT molecular complexity index is 1370. The molecule has 0 fully saturated rings. The first-order valence-corrected chi connectivity index (χ1v) is 11.2. The number of aliphatic hydroxyl groups is 1. The molecule has 4 rings (SSSR count). The number of aryl methyl sites for hydroxylation is 3. The number of aliphatic carboxylic acids is 1. The predicted molar refractivity (Wildman–Crippen MR) is 128 cm³/mol. The second-order valence-electron chi connectivity index (χ2n) is 8.19. The molecule has 0 radical (unpaired) electrons. The summed E-state index contributed by atoms with van der Waals surface area (Å²) in [5.74, 6) is -2.16. The van der Waals surface area contributed by atoms with Gasteiger partial charge in [-0.2, -0.15) is 5.10 Å². The zero-order chi connectivity index (χ0) is 24.2. The van der Waals surface area contributed by atoms with E-state index in [2.05, 4.69) is 15.4 Å². The maximum absolute atomic E-state index is 12.7. The van der Waals surface area contributed by atoms with Crippen LogP contribution in [0, 0.1) is 5.92 Å². The van der Waals surface area contributed by atoms with E-state index < -0.39 is 23.6 Å². The van der Waals surface area contributed by atoms with E-state index >= 15 is 0 Å². The van der Waals surface area contributed by atoms with Crippen molar-refractivity contribution in [2.45, 2.75) is 31.9 Å². The Morgan fingerprint density at radius 1 is 1.12 bits per heavy atom. The highest BCUT2D eigenvalue weighted by molar-refractivity contribution is 6.34. The van der Waals surface area contributed by atoms with Gasteiger partial charge in [0, 0.05) is 25.4 Å². The molecule has 0 amide bonds. The first-order chi connectivity index (χ1) is 16.3. The summed E-state index contributed by atoms with van der Waals surface area (Å²) >= 11 is 6.05. The summed E-state index contributed by atoms with van der Waals surface area (Å²) in [4.78, 5) is 24.5. The van der Waals surface area contributed by atoms with Crippen molar-refractivity contribution in [2.75, 3.05) is 0 Å². The summed E-state index contributed by atoms with van der Waals surface area (Å²) in [6, 6.07) is 12.7. The Balaban J connectivity index is 1.39. The van der Waals surface area contributed by atoms with Gasteiger partial charge < -0.3 is 10.2 Å². The number of carbonyl (C=O) groups is 1. The third kappa shape index (κ3) is 5.16. The van der Waals surface area contributed by atoms with Crippen LogP contribution in [0.25, 0.3) is 22.0 Å². The SMILES string of the molecule is Cn1cc(-c2ccc(CC[C@@H](O)[C@@H](CCn3nnc4c(Cl)cccc4c3=O)C(=O)O)cc2)cn1. The highest BCUT2D eigenvalue weighted by Crippen LogP contribution is 2.21. The minimum atomic E-state index is -1.12. The van der Waals surface area contributed by atoms with Gasteiger partial charge in [0.05, 0.1) is 28.6 Å². The first-order valence-electron chi connectivity index (χ1n) is 10.8. The lowest BCUT2D eigenvalue weighted by molar-refractivity contribution is -0.146. The summed E-state index contributed by atoms with van der Waals surface area (Å²) in [6.45, 7) is 0.0160. The first kappa shape index (κ1) is 23.6. The van der Waals surface area contributed by atoms with Gasteiger partial charge in [-0.15, -0.1) is 5.10 Å². The van der Waals surface area contributed by atoms with Gasteiger partial charge in [-0.25, -0.2) is 4.68 Å². The van der Waals surface area contributed by atoms with Crippen LogP contribution in [0.3, 0.4) is 0 Å². The van der Waals surface area contributed by atoms with Crippen LogP contribution in [0.5, 0.6) is 0 Å². The summed E-state index contributed by atoms with van der Waals surface area (Å²) < 4.78 is 2.84. The lowest BCUT2D eigenvalue weighted by Crippen LogP contribution is -2.32. The molecule has 0 bridgehead atoms. The van der Waals surface area contributed by atoms with Crippen LogP contribution < -0.4 is 5.56 Å². The van der Waals surface area contributed by atoms with Crippen LogP contribution in [0.15, 0.2) is 59.7 Å². The molecule has 176 valence electrons. The quantitative estimate of drug-likeness (QED) is 0.376. The Morgan fingerprint density at radius 3 is 2.56 bits per heavy atom. The van der Waals surface area contributed by atoms with Crippen LogP contribution in [-0.2, 0) is 24.8 Å². The molecule has 2 atom stereocenters. The number of aliphatic hydroxyl groups excluding tert-OH is 1. The average molecular weight is 482 g/mol. The Hall–Kier alpha value is -3.56. The number of aromatic nitrogens is 5. The molecular formula is C24H24ClN5O4. The van der Waals surface area contributed by atoms with Gasteiger partial charge in [-0.05, 0) is 42.5 Å². The molecule has 10 heteroatoms. The molecule has 9 nitrogen and oxygen atoms in total. The molecule has 0 saturated heterocycles. The van der Waals surface area contributed by atoms with Gasteiger partial charge in [0.25, 0.3) is 5.56 Å². The van der Waals surface area contributed by atoms with Crippen molar-refractivity contribution in [3.05, 3.63) is 75.8 Å². The van der Waals surface area contributed by atoms with E-state index in [1.54, 1.807) is 29.1 Å². The van der Waals surface area contributed by atoms with E-state index in [0.717, 1.165) is 21.4 Å². The van der Waals surface area contributed by atoms with Crippen molar-refractivity contribution >= 4 is 28.5 Å². The van der Waals surface area contributed by atoms with Crippen molar-refractivity contribution in [1.29, 1.82) is 0 Å². The monoisotopic (exact) mass is 481 g/mol. The van der Waals surface area contributed by atoms with Gasteiger partial charge in [0.2, 0.25) is 0 Å². The number of nitrogens with zero attached hydrogens (tertiary/aromatic N) is 5. The molecule has 0 spiro atoms. The molecule has 0 unspecified atom stereocenters. The zero-order valence-corrected chi connectivity index (χ0v) is 19.3. The van der Waals surface area contributed by atoms with E-state index in [4.69, 9.17) is 11.6 Å². The second kappa shape index (κ2) is 10.1. The fraction of sp³-hybridized carbons (Fsp3) is 0.292. The van der Waals surface area contributed by atoms with E-state index in [-0.39, 0.29) is 19.4 Å². The maximum atomic E-state index is 12.7. The fourth-order valence-electron chi connectivity index (χ4n) is 3.91. The summed E-state index contributed by atoms with van der Waals surface area (Å²) in [6.07, 6.45) is 3.47. The molecule has 0 aliphatic rings. The third-order valence-corrected chi connectivity index (χ3v) is 6.16. The lowest BCUT2D eigenvalue weighted by Gasteiger charge is -2.19. The minimum absolute atomic E-state index is 0.0160. The third-order valence-electron chi connectivity index (χ3n) is 5.86. The van der Waals surface area contributed by atoms with E-state index in [1.165, 1.54) is 0 Å².